The van der Waals surface area contributed by atoms with Gasteiger partial charge in [-0.05, 0) is 30.4 Å². The van der Waals surface area contributed by atoms with Crippen LogP contribution in [0.25, 0.3) is 0 Å². The van der Waals surface area contributed by atoms with E-state index in [-0.39, 0.29) is 17.3 Å². The van der Waals surface area contributed by atoms with Gasteiger partial charge in [0.25, 0.3) is 0 Å². The largest absolute Gasteiger partial charge is 0.416 e. The third kappa shape index (κ3) is 5.32. The minimum absolute atomic E-state index is 0.184. The highest BCUT2D eigenvalue weighted by Gasteiger charge is 2.30. The molecule has 0 fully saturated rings. The van der Waals surface area contributed by atoms with Gasteiger partial charge in [0.05, 0.1) is 12.1 Å². The molecule has 1 aromatic rings. The highest BCUT2D eigenvalue weighted by atomic mass is 32.1. The second kappa shape index (κ2) is 7.41. The SMILES string of the molecule is COC(CNC(=S)Nc1cccc(C(F)(F)F)c1)OC. The van der Waals surface area contributed by atoms with Gasteiger partial charge < -0.3 is 20.1 Å². The number of hydrogen-bond donors (Lipinski definition) is 2. The number of halogens is 3. The Bertz CT molecular complexity index is 451. The van der Waals surface area contributed by atoms with Gasteiger partial charge in [-0.25, -0.2) is 0 Å². The zero-order valence-corrected chi connectivity index (χ0v) is 11.8. The maximum Gasteiger partial charge on any atom is 0.416 e. The molecule has 0 spiro atoms. The fraction of sp³-hybridized carbons (Fsp3) is 0.417. The number of benzene rings is 1. The molecule has 0 aromatic heterocycles. The summed E-state index contributed by atoms with van der Waals surface area (Å²) >= 11 is 4.97. The number of alkyl halides is 3. The maximum absolute atomic E-state index is 12.5. The van der Waals surface area contributed by atoms with E-state index in [0.29, 0.717) is 0 Å². The molecule has 20 heavy (non-hydrogen) atoms. The number of hydrogen-bond acceptors (Lipinski definition) is 3. The van der Waals surface area contributed by atoms with Crippen LogP contribution in [0.3, 0.4) is 0 Å². The summed E-state index contributed by atoms with van der Waals surface area (Å²) in [5.74, 6) is 0. The van der Waals surface area contributed by atoms with E-state index in [2.05, 4.69) is 10.6 Å². The van der Waals surface area contributed by atoms with E-state index in [9.17, 15) is 13.2 Å². The Labute approximate surface area is 120 Å². The minimum atomic E-state index is -4.38. The van der Waals surface area contributed by atoms with Crippen molar-refractivity contribution in [2.45, 2.75) is 12.5 Å². The molecule has 0 amide bonds. The molecule has 0 atom stereocenters. The quantitative estimate of drug-likeness (QED) is 0.646. The van der Waals surface area contributed by atoms with Gasteiger partial charge in [0.1, 0.15) is 0 Å². The summed E-state index contributed by atoms with van der Waals surface area (Å²) in [6, 6.07) is 4.78. The molecule has 0 saturated carbocycles. The predicted octanol–water partition coefficient (Wildman–Crippen LogP) is 2.61. The van der Waals surface area contributed by atoms with Crippen LogP contribution in [0.2, 0.25) is 0 Å². The summed E-state index contributed by atoms with van der Waals surface area (Å²) < 4.78 is 47.5. The fourth-order valence-corrected chi connectivity index (χ4v) is 1.59. The van der Waals surface area contributed by atoms with Gasteiger partial charge >= 0.3 is 6.18 Å². The van der Waals surface area contributed by atoms with E-state index in [1.807, 2.05) is 0 Å². The molecule has 0 saturated heterocycles. The first-order valence-corrected chi connectivity index (χ1v) is 6.05. The standard InChI is InChI=1S/C12H15F3N2O2S/c1-18-10(19-2)7-16-11(20)17-9-5-3-4-8(6-9)12(13,14)15/h3-6,10H,7H2,1-2H3,(H2,16,17,20). The van der Waals surface area contributed by atoms with Crippen LogP contribution in [-0.4, -0.2) is 32.2 Å². The molecule has 8 heteroatoms. The van der Waals surface area contributed by atoms with Crippen LogP contribution in [-0.2, 0) is 15.7 Å². The number of thiocarbonyl (C=S) groups is 1. The van der Waals surface area contributed by atoms with Gasteiger partial charge in [0, 0.05) is 19.9 Å². The highest BCUT2D eigenvalue weighted by molar-refractivity contribution is 7.80. The molecule has 0 radical (unpaired) electrons. The number of anilines is 1. The molecule has 1 rings (SSSR count). The van der Waals surface area contributed by atoms with Crippen molar-refractivity contribution in [3.05, 3.63) is 29.8 Å². The predicted molar refractivity (Wildman–Crippen MR) is 73.5 cm³/mol. The van der Waals surface area contributed by atoms with Gasteiger partial charge in [0.2, 0.25) is 0 Å². The summed E-state index contributed by atoms with van der Waals surface area (Å²) in [5.41, 5.74) is -0.485. The van der Waals surface area contributed by atoms with Crippen LogP contribution in [0.1, 0.15) is 5.56 Å². The van der Waals surface area contributed by atoms with E-state index >= 15 is 0 Å². The average molecular weight is 308 g/mol. The molecule has 0 bridgehead atoms. The molecule has 4 nitrogen and oxygen atoms in total. The topological polar surface area (TPSA) is 42.5 Å². The van der Waals surface area contributed by atoms with Gasteiger partial charge in [0.15, 0.2) is 11.4 Å². The number of ether oxygens (including phenoxy) is 2. The van der Waals surface area contributed by atoms with Crippen molar-refractivity contribution in [1.82, 2.24) is 5.32 Å². The zero-order chi connectivity index (χ0) is 15.2. The van der Waals surface area contributed by atoms with Crippen molar-refractivity contribution in [2.24, 2.45) is 0 Å². The Morgan fingerprint density at radius 3 is 2.50 bits per heavy atom. The van der Waals surface area contributed by atoms with Crippen molar-refractivity contribution in [3.8, 4) is 0 Å². The van der Waals surface area contributed by atoms with E-state index < -0.39 is 18.0 Å². The third-order valence-electron chi connectivity index (χ3n) is 2.40. The van der Waals surface area contributed by atoms with Gasteiger partial charge in [-0.2, -0.15) is 13.2 Å². The summed E-state index contributed by atoms with van der Waals surface area (Å²) in [4.78, 5) is 0. The Morgan fingerprint density at radius 2 is 1.95 bits per heavy atom. The first-order valence-electron chi connectivity index (χ1n) is 5.64. The van der Waals surface area contributed by atoms with Crippen molar-refractivity contribution >= 4 is 23.0 Å². The lowest BCUT2D eigenvalue weighted by molar-refractivity contribution is -0.137. The van der Waals surface area contributed by atoms with Gasteiger partial charge in [-0.1, -0.05) is 6.07 Å². The summed E-state index contributed by atoms with van der Waals surface area (Å²) in [6.45, 7) is 0.276. The monoisotopic (exact) mass is 308 g/mol. The van der Waals surface area contributed by atoms with Crippen LogP contribution in [0.5, 0.6) is 0 Å². The average Bonchev–Trinajstić information content (AvgIpc) is 2.39. The van der Waals surface area contributed by atoms with E-state index in [1.54, 1.807) is 0 Å². The second-order valence-electron chi connectivity index (χ2n) is 3.81. The molecule has 2 N–H and O–H groups in total. The summed E-state index contributed by atoms with van der Waals surface area (Å²) in [7, 11) is 2.94. The van der Waals surface area contributed by atoms with Crippen LogP contribution >= 0.6 is 12.2 Å². The van der Waals surface area contributed by atoms with E-state index in [0.717, 1.165) is 12.1 Å². The van der Waals surface area contributed by atoms with Crippen LogP contribution in [0.4, 0.5) is 18.9 Å². The molecule has 112 valence electrons. The van der Waals surface area contributed by atoms with Crippen LogP contribution < -0.4 is 10.6 Å². The summed E-state index contributed by atoms with van der Waals surface area (Å²) in [5, 5.41) is 5.63. The van der Waals surface area contributed by atoms with Crippen molar-refractivity contribution in [3.63, 3.8) is 0 Å². The first kappa shape index (κ1) is 16.7. The van der Waals surface area contributed by atoms with Gasteiger partial charge in [-0.3, -0.25) is 0 Å². The minimum Gasteiger partial charge on any atom is -0.357 e. The molecule has 0 unspecified atom stereocenters. The normalized spacial score (nSPS) is 11.5. The summed E-state index contributed by atoms with van der Waals surface area (Å²) in [6.07, 6.45) is -4.87. The van der Waals surface area contributed by atoms with Crippen LogP contribution in [0.15, 0.2) is 24.3 Å². The van der Waals surface area contributed by atoms with E-state index in [4.69, 9.17) is 21.7 Å². The first-order chi connectivity index (χ1) is 9.36. The number of nitrogens with one attached hydrogen (secondary N) is 2. The lowest BCUT2D eigenvalue weighted by atomic mass is 10.2. The lowest BCUT2D eigenvalue weighted by Crippen LogP contribution is -2.36. The highest BCUT2D eigenvalue weighted by Crippen LogP contribution is 2.30. The molecule has 0 aliphatic rings. The van der Waals surface area contributed by atoms with Crippen LogP contribution in [0, 0.1) is 0 Å². The Kier molecular flexibility index (Phi) is 6.18. The molecule has 0 heterocycles. The zero-order valence-electron chi connectivity index (χ0n) is 11.0. The molecular formula is C12H15F3N2O2S. The lowest BCUT2D eigenvalue weighted by Gasteiger charge is -2.16. The molecular weight excluding hydrogens is 293 g/mol. The molecule has 1 aromatic carbocycles. The van der Waals surface area contributed by atoms with Crippen molar-refractivity contribution < 1.29 is 22.6 Å². The maximum atomic E-state index is 12.5. The van der Waals surface area contributed by atoms with E-state index in [1.165, 1.54) is 26.4 Å². The van der Waals surface area contributed by atoms with Crippen molar-refractivity contribution in [1.29, 1.82) is 0 Å². The Balaban J connectivity index is 2.58. The van der Waals surface area contributed by atoms with Gasteiger partial charge in [-0.15, -0.1) is 0 Å². The molecule has 0 aliphatic carbocycles. The number of methoxy groups -OCH3 is 2. The Hall–Kier alpha value is -1.38. The molecule has 0 aliphatic heterocycles. The number of rotatable bonds is 5. The van der Waals surface area contributed by atoms with Crippen molar-refractivity contribution in [2.75, 3.05) is 26.1 Å². The fourth-order valence-electron chi connectivity index (χ4n) is 1.39. The third-order valence-corrected chi connectivity index (χ3v) is 2.65. The Morgan fingerprint density at radius 1 is 1.30 bits per heavy atom. The smallest absolute Gasteiger partial charge is 0.357 e. The second-order valence-corrected chi connectivity index (χ2v) is 4.22.